The van der Waals surface area contributed by atoms with Gasteiger partial charge in [-0.05, 0) is 24.8 Å². The van der Waals surface area contributed by atoms with Crippen molar-refractivity contribution in [2.75, 3.05) is 13.2 Å². The summed E-state index contributed by atoms with van der Waals surface area (Å²) in [4.78, 5) is 24.9. The Hall–Kier alpha value is -2.04. The van der Waals surface area contributed by atoms with Crippen LogP contribution in [0.15, 0.2) is 30.3 Å². The van der Waals surface area contributed by atoms with Crippen LogP contribution >= 0.6 is 0 Å². The van der Waals surface area contributed by atoms with Crippen molar-refractivity contribution in [2.24, 2.45) is 0 Å². The molecule has 0 radical (unpaired) electrons. The van der Waals surface area contributed by atoms with Crippen LogP contribution in [0.4, 0.5) is 4.79 Å². The van der Waals surface area contributed by atoms with Gasteiger partial charge in [0.1, 0.15) is 6.61 Å². The highest BCUT2D eigenvalue weighted by Crippen LogP contribution is 2.21. The van der Waals surface area contributed by atoms with Crippen molar-refractivity contribution in [3.05, 3.63) is 35.9 Å². The van der Waals surface area contributed by atoms with E-state index in [0.29, 0.717) is 19.6 Å². The molecule has 120 valence electrons. The second-order valence-corrected chi connectivity index (χ2v) is 5.51. The van der Waals surface area contributed by atoms with Gasteiger partial charge in [-0.3, -0.25) is 4.79 Å². The maximum atomic E-state index is 12.3. The number of ether oxygens (including phenoxy) is 2. The molecule has 2 rings (SSSR count). The zero-order valence-corrected chi connectivity index (χ0v) is 13.0. The summed E-state index contributed by atoms with van der Waals surface area (Å²) >= 11 is 0. The van der Waals surface area contributed by atoms with Crippen molar-refractivity contribution in [3.8, 4) is 0 Å². The number of amides is 1. The van der Waals surface area contributed by atoms with Gasteiger partial charge in [-0.15, -0.1) is 0 Å². The zero-order chi connectivity index (χ0) is 15.8. The normalized spacial score (nSPS) is 17.9. The number of rotatable bonds is 5. The van der Waals surface area contributed by atoms with Gasteiger partial charge >= 0.3 is 12.1 Å². The first kappa shape index (κ1) is 16.3. The molecule has 1 heterocycles. The number of carbonyl (C=O) groups is 2. The zero-order valence-electron chi connectivity index (χ0n) is 13.0. The monoisotopic (exact) mass is 305 g/mol. The number of benzene rings is 1. The van der Waals surface area contributed by atoms with Gasteiger partial charge in [-0.2, -0.15) is 0 Å². The van der Waals surface area contributed by atoms with Crippen molar-refractivity contribution in [1.29, 1.82) is 0 Å². The van der Waals surface area contributed by atoms with E-state index < -0.39 is 0 Å². The molecule has 1 aromatic carbocycles. The summed E-state index contributed by atoms with van der Waals surface area (Å²) in [5, 5.41) is 0. The second kappa shape index (κ2) is 8.41. The predicted molar refractivity (Wildman–Crippen MR) is 82.2 cm³/mol. The third-order valence-electron chi connectivity index (χ3n) is 3.82. The number of esters is 1. The lowest BCUT2D eigenvalue weighted by Crippen LogP contribution is -2.44. The lowest BCUT2D eigenvalue weighted by molar-refractivity contribution is -0.141. The van der Waals surface area contributed by atoms with Crippen LogP contribution in [0, 0.1) is 0 Å². The summed E-state index contributed by atoms with van der Waals surface area (Å²) in [6.07, 6.45) is 3.40. The van der Waals surface area contributed by atoms with Gasteiger partial charge < -0.3 is 14.4 Å². The molecule has 0 aromatic heterocycles. The summed E-state index contributed by atoms with van der Waals surface area (Å²) in [7, 11) is 0. The number of piperidine rings is 1. The first-order valence-corrected chi connectivity index (χ1v) is 7.77. The quantitative estimate of drug-likeness (QED) is 0.784. The highest BCUT2D eigenvalue weighted by molar-refractivity contribution is 5.68. The van der Waals surface area contributed by atoms with E-state index in [1.54, 1.807) is 4.90 Å². The Labute approximate surface area is 131 Å². The number of hydrogen-bond donors (Lipinski definition) is 0. The summed E-state index contributed by atoms with van der Waals surface area (Å²) in [6.45, 7) is 2.74. The van der Waals surface area contributed by atoms with Gasteiger partial charge in [-0.25, -0.2) is 4.79 Å². The third kappa shape index (κ3) is 5.06. The van der Waals surface area contributed by atoms with E-state index in [1.807, 2.05) is 30.3 Å². The SMILES string of the molecule is CC(=O)OCC[C@@H]1CCCCN1C(=O)OCc1ccccc1. The van der Waals surface area contributed by atoms with Crippen molar-refractivity contribution in [3.63, 3.8) is 0 Å². The molecule has 1 aliphatic heterocycles. The molecule has 1 saturated heterocycles. The van der Waals surface area contributed by atoms with Gasteiger partial charge in [-0.1, -0.05) is 30.3 Å². The standard InChI is InChI=1S/C17H23NO4/c1-14(19)21-12-10-16-9-5-6-11-18(16)17(20)22-13-15-7-3-2-4-8-15/h2-4,7-8,16H,5-6,9-13H2,1H3/t16-/m0/s1. The molecule has 5 heteroatoms. The molecule has 1 atom stereocenters. The first-order valence-electron chi connectivity index (χ1n) is 7.77. The first-order chi connectivity index (χ1) is 10.7. The van der Waals surface area contributed by atoms with E-state index in [-0.39, 0.29) is 24.7 Å². The van der Waals surface area contributed by atoms with E-state index in [9.17, 15) is 9.59 Å². The van der Waals surface area contributed by atoms with Crippen LogP contribution in [0.1, 0.15) is 38.2 Å². The second-order valence-electron chi connectivity index (χ2n) is 5.51. The maximum Gasteiger partial charge on any atom is 0.410 e. The number of likely N-dealkylation sites (tertiary alicyclic amines) is 1. The summed E-state index contributed by atoms with van der Waals surface area (Å²) in [5.74, 6) is -0.283. The van der Waals surface area contributed by atoms with Gasteiger partial charge in [0.05, 0.1) is 6.61 Å². The molecule has 0 spiro atoms. The fraction of sp³-hybridized carbons (Fsp3) is 0.529. The van der Waals surface area contributed by atoms with E-state index >= 15 is 0 Å². The Balaban J connectivity index is 1.83. The number of carbonyl (C=O) groups excluding carboxylic acids is 2. The number of hydrogen-bond acceptors (Lipinski definition) is 4. The molecule has 1 fully saturated rings. The highest BCUT2D eigenvalue weighted by atomic mass is 16.6. The topological polar surface area (TPSA) is 55.8 Å². The van der Waals surface area contributed by atoms with Crippen LogP contribution in [0.2, 0.25) is 0 Å². The third-order valence-corrected chi connectivity index (χ3v) is 3.82. The van der Waals surface area contributed by atoms with E-state index in [4.69, 9.17) is 9.47 Å². The average Bonchev–Trinajstić information content (AvgIpc) is 2.54. The molecule has 1 amide bonds. The smallest absolute Gasteiger partial charge is 0.410 e. The fourth-order valence-electron chi connectivity index (χ4n) is 2.68. The molecule has 0 bridgehead atoms. The molecule has 1 aromatic rings. The lowest BCUT2D eigenvalue weighted by atomic mass is 10.0. The van der Waals surface area contributed by atoms with E-state index in [0.717, 1.165) is 24.8 Å². The van der Waals surface area contributed by atoms with Crippen LogP contribution in [0.5, 0.6) is 0 Å². The Morgan fingerprint density at radius 3 is 2.68 bits per heavy atom. The van der Waals surface area contributed by atoms with Crippen molar-refractivity contribution in [2.45, 2.75) is 45.3 Å². The van der Waals surface area contributed by atoms with Gasteiger partial charge in [0.25, 0.3) is 0 Å². The molecule has 22 heavy (non-hydrogen) atoms. The molecule has 1 aliphatic rings. The maximum absolute atomic E-state index is 12.3. The Kier molecular flexibility index (Phi) is 6.25. The molecule has 0 N–H and O–H groups in total. The van der Waals surface area contributed by atoms with Gasteiger partial charge in [0, 0.05) is 25.9 Å². The predicted octanol–water partition coefficient (Wildman–Crippen LogP) is 3.13. The molecule has 0 aliphatic carbocycles. The number of nitrogens with zero attached hydrogens (tertiary/aromatic N) is 1. The fourth-order valence-corrected chi connectivity index (χ4v) is 2.68. The Morgan fingerprint density at radius 2 is 1.95 bits per heavy atom. The van der Waals surface area contributed by atoms with Crippen molar-refractivity contribution in [1.82, 2.24) is 4.90 Å². The van der Waals surface area contributed by atoms with Crippen molar-refractivity contribution >= 4 is 12.1 Å². The minimum absolute atomic E-state index is 0.0939. The Bertz CT molecular complexity index is 489. The van der Waals surface area contributed by atoms with E-state index in [1.165, 1.54) is 6.92 Å². The van der Waals surface area contributed by atoms with Crippen LogP contribution in [0.25, 0.3) is 0 Å². The summed E-state index contributed by atoms with van der Waals surface area (Å²) in [5.41, 5.74) is 0.976. The molecule has 0 unspecified atom stereocenters. The van der Waals surface area contributed by atoms with Crippen LogP contribution in [-0.4, -0.2) is 36.2 Å². The van der Waals surface area contributed by atoms with E-state index in [2.05, 4.69) is 0 Å². The summed E-state index contributed by atoms with van der Waals surface area (Å²) < 4.78 is 10.4. The summed E-state index contributed by atoms with van der Waals surface area (Å²) in [6, 6.07) is 9.74. The molecular weight excluding hydrogens is 282 g/mol. The largest absolute Gasteiger partial charge is 0.466 e. The van der Waals surface area contributed by atoms with Gasteiger partial charge in [0.2, 0.25) is 0 Å². The highest BCUT2D eigenvalue weighted by Gasteiger charge is 2.27. The van der Waals surface area contributed by atoms with Crippen LogP contribution in [0.3, 0.4) is 0 Å². The van der Waals surface area contributed by atoms with Crippen LogP contribution in [-0.2, 0) is 20.9 Å². The average molecular weight is 305 g/mol. The van der Waals surface area contributed by atoms with Crippen molar-refractivity contribution < 1.29 is 19.1 Å². The molecule has 5 nitrogen and oxygen atoms in total. The minimum Gasteiger partial charge on any atom is -0.466 e. The lowest BCUT2D eigenvalue weighted by Gasteiger charge is -2.34. The molecular formula is C17H23NO4. The minimum atomic E-state index is -0.283. The Morgan fingerprint density at radius 1 is 1.18 bits per heavy atom. The molecule has 0 saturated carbocycles. The van der Waals surface area contributed by atoms with Gasteiger partial charge in [0.15, 0.2) is 0 Å². The van der Waals surface area contributed by atoms with Crippen LogP contribution < -0.4 is 0 Å².